The van der Waals surface area contributed by atoms with Crippen molar-refractivity contribution >= 4 is 5.97 Å². The topological polar surface area (TPSA) is 35.5 Å². The summed E-state index contributed by atoms with van der Waals surface area (Å²) in [6, 6.07) is 9.25. The highest BCUT2D eigenvalue weighted by Gasteiger charge is 2.16. The second-order valence-corrected chi connectivity index (χ2v) is 4.10. The average molecular weight is 222 g/mol. The number of carbonyl (C=O) groups excluding carboxylic acids is 1. The quantitative estimate of drug-likeness (QED) is 0.718. The number of para-hydroxylation sites is 1. The van der Waals surface area contributed by atoms with Crippen LogP contribution in [0, 0.1) is 5.92 Å². The highest BCUT2D eigenvalue weighted by molar-refractivity contribution is 5.74. The third-order valence-corrected chi connectivity index (χ3v) is 1.95. The lowest BCUT2D eigenvalue weighted by molar-refractivity contribution is -0.152. The molecule has 0 radical (unpaired) electrons. The summed E-state index contributed by atoms with van der Waals surface area (Å²) in [4.78, 5) is 11.5. The van der Waals surface area contributed by atoms with Crippen molar-refractivity contribution in [2.45, 2.75) is 26.9 Å². The first-order valence-corrected chi connectivity index (χ1v) is 5.48. The standard InChI is InChI=1S/C13H18O3/c1-10(2)9-15-13(14)11(3)16-12-7-5-4-6-8-12/h4-8,10-11H,9H2,1-3H3. The first kappa shape index (κ1) is 12.6. The Morgan fingerprint density at radius 3 is 2.38 bits per heavy atom. The van der Waals surface area contributed by atoms with Gasteiger partial charge in [0.2, 0.25) is 0 Å². The van der Waals surface area contributed by atoms with Crippen molar-refractivity contribution in [3.63, 3.8) is 0 Å². The molecule has 1 unspecified atom stereocenters. The Balaban J connectivity index is 2.40. The van der Waals surface area contributed by atoms with Gasteiger partial charge >= 0.3 is 5.97 Å². The van der Waals surface area contributed by atoms with Crippen LogP contribution in [0.5, 0.6) is 5.75 Å². The largest absolute Gasteiger partial charge is 0.479 e. The molecule has 3 heteroatoms. The van der Waals surface area contributed by atoms with Crippen LogP contribution in [0.15, 0.2) is 30.3 Å². The third kappa shape index (κ3) is 4.34. The fourth-order valence-electron chi connectivity index (χ4n) is 1.12. The lowest BCUT2D eigenvalue weighted by Crippen LogP contribution is -2.27. The Morgan fingerprint density at radius 2 is 1.81 bits per heavy atom. The lowest BCUT2D eigenvalue weighted by Gasteiger charge is -2.14. The van der Waals surface area contributed by atoms with Crippen LogP contribution in [0.4, 0.5) is 0 Å². The van der Waals surface area contributed by atoms with Crippen molar-refractivity contribution in [1.29, 1.82) is 0 Å². The van der Waals surface area contributed by atoms with Gasteiger partial charge in [0, 0.05) is 0 Å². The van der Waals surface area contributed by atoms with E-state index in [9.17, 15) is 4.79 Å². The lowest BCUT2D eigenvalue weighted by atomic mass is 10.2. The summed E-state index contributed by atoms with van der Waals surface area (Å²) in [5.74, 6) is 0.696. The van der Waals surface area contributed by atoms with Gasteiger partial charge in [0.25, 0.3) is 0 Å². The minimum absolute atomic E-state index is 0.322. The smallest absolute Gasteiger partial charge is 0.347 e. The molecule has 1 atom stereocenters. The first-order chi connectivity index (χ1) is 7.59. The Kier molecular flexibility index (Phi) is 4.83. The molecule has 0 aliphatic rings. The molecule has 0 aliphatic carbocycles. The van der Waals surface area contributed by atoms with E-state index in [1.54, 1.807) is 6.92 Å². The molecule has 1 aromatic carbocycles. The van der Waals surface area contributed by atoms with Crippen molar-refractivity contribution in [1.82, 2.24) is 0 Å². The maximum absolute atomic E-state index is 11.5. The van der Waals surface area contributed by atoms with Gasteiger partial charge in [-0.25, -0.2) is 4.79 Å². The molecule has 0 bridgehead atoms. The summed E-state index contributed by atoms with van der Waals surface area (Å²) in [6.45, 7) is 6.11. The molecule has 0 saturated carbocycles. The summed E-state index contributed by atoms with van der Waals surface area (Å²) in [7, 11) is 0. The summed E-state index contributed by atoms with van der Waals surface area (Å²) >= 11 is 0. The van der Waals surface area contributed by atoms with Gasteiger partial charge in [0.15, 0.2) is 6.10 Å². The van der Waals surface area contributed by atoms with Crippen molar-refractivity contribution in [3.8, 4) is 5.75 Å². The van der Waals surface area contributed by atoms with E-state index in [2.05, 4.69) is 0 Å². The molecule has 0 amide bonds. The molecular formula is C13H18O3. The van der Waals surface area contributed by atoms with E-state index >= 15 is 0 Å². The molecule has 3 nitrogen and oxygen atoms in total. The Labute approximate surface area is 96.4 Å². The van der Waals surface area contributed by atoms with Crippen LogP contribution in [0.1, 0.15) is 20.8 Å². The minimum Gasteiger partial charge on any atom is -0.479 e. The van der Waals surface area contributed by atoms with Gasteiger partial charge in [-0.1, -0.05) is 32.0 Å². The Bertz CT molecular complexity index is 319. The molecule has 0 spiro atoms. The molecule has 0 fully saturated rings. The Hall–Kier alpha value is -1.51. The zero-order chi connectivity index (χ0) is 12.0. The van der Waals surface area contributed by atoms with Gasteiger partial charge in [-0.2, -0.15) is 0 Å². The maximum atomic E-state index is 11.5. The fraction of sp³-hybridized carbons (Fsp3) is 0.462. The van der Waals surface area contributed by atoms with Gasteiger partial charge < -0.3 is 9.47 Å². The van der Waals surface area contributed by atoms with E-state index in [1.807, 2.05) is 44.2 Å². The number of carbonyl (C=O) groups is 1. The zero-order valence-electron chi connectivity index (χ0n) is 9.97. The molecule has 16 heavy (non-hydrogen) atoms. The number of ether oxygens (including phenoxy) is 2. The maximum Gasteiger partial charge on any atom is 0.347 e. The summed E-state index contributed by atoms with van der Waals surface area (Å²) < 4.78 is 10.5. The predicted octanol–water partition coefficient (Wildman–Crippen LogP) is 2.65. The molecule has 0 N–H and O–H groups in total. The predicted molar refractivity (Wildman–Crippen MR) is 62.3 cm³/mol. The molecule has 1 rings (SSSR count). The highest BCUT2D eigenvalue weighted by Crippen LogP contribution is 2.11. The molecule has 88 valence electrons. The van der Waals surface area contributed by atoms with Crippen LogP contribution in [0.2, 0.25) is 0 Å². The van der Waals surface area contributed by atoms with Crippen LogP contribution in [-0.4, -0.2) is 18.7 Å². The van der Waals surface area contributed by atoms with Gasteiger partial charge in [-0.15, -0.1) is 0 Å². The van der Waals surface area contributed by atoms with E-state index < -0.39 is 6.10 Å². The van der Waals surface area contributed by atoms with Crippen molar-refractivity contribution in [2.75, 3.05) is 6.61 Å². The summed E-state index contributed by atoms with van der Waals surface area (Å²) in [5.41, 5.74) is 0. The van der Waals surface area contributed by atoms with Crippen molar-refractivity contribution < 1.29 is 14.3 Å². The van der Waals surface area contributed by atoms with E-state index in [1.165, 1.54) is 0 Å². The SMILES string of the molecule is CC(C)COC(=O)C(C)Oc1ccccc1. The average Bonchev–Trinajstić information content (AvgIpc) is 2.27. The third-order valence-electron chi connectivity index (χ3n) is 1.95. The molecule has 0 saturated heterocycles. The molecular weight excluding hydrogens is 204 g/mol. The van der Waals surface area contributed by atoms with Crippen LogP contribution < -0.4 is 4.74 Å². The number of esters is 1. The zero-order valence-corrected chi connectivity index (χ0v) is 9.97. The first-order valence-electron chi connectivity index (χ1n) is 5.48. The van der Waals surface area contributed by atoms with Gasteiger partial charge in [-0.3, -0.25) is 0 Å². The number of rotatable bonds is 5. The van der Waals surface area contributed by atoms with Gasteiger partial charge in [0.05, 0.1) is 6.61 Å². The van der Waals surface area contributed by atoms with Crippen LogP contribution >= 0.6 is 0 Å². The van der Waals surface area contributed by atoms with E-state index in [-0.39, 0.29) is 5.97 Å². The van der Waals surface area contributed by atoms with Gasteiger partial charge in [-0.05, 0) is 25.0 Å². The second-order valence-electron chi connectivity index (χ2n) is 4.10. The second kappa shape index (κ2) is 6.16. The normalized spacial score (nSPS) is 12.2. The van der Waals surface area contributed by atoms with E-state index in [0.717, 1.165) is 0 Å². The molecule has 0 heterocycles. The molecule has 0 aromatic heterocycles. The monoisotopic (exact) mass is 222 g/mol. The van der Waals surface area contributed by atoms with Crippen LogP contribution in [-0.2, 0) is 9.53 Å². The number of hydrogen-bond donors (Lipinski definition) is 0. The molecule has 1 aromatic rings. The number of hydrogen-bond acceptors (Lipinski definition) is 3. The van der Waals surface area contributed by atoms with Crippen LogP contribution in [0.25, 0.3) is 0 Å². The molecule has 0 aliphatic heterocycles. The minimum atomic E-state index is -0.568. The Morgan fingerprint density at radius 1 is 1.19 bits per heavy atom. The number of benzene rings is 1. The summed E-state index contributed by atoms with van der Waals surface area (Å²) in [5, 5.41) is 0. The van der Waals surface area contributed by atoms with Crippen LogP contribution in [0.3, 0.4) is 0 Å². The fourth-order valence-corrected chi connectivity index (χ4v) is 1.12. The van der Waals surface area contributed by atoms with Crippen molar-refractivity contribution in [2.24, 2.45) is 5.92 Å². The van der Waals surface area contributed by atoms with Crippen molar-refractivity contribution in [3.05, 3.63) is 30.3 Å². The highest BCUT2D eigenvalue weighted by atomic mass is 16.6. The summed E-state index contributed by atoms with van der Waals surface area (Å²) in [6.07, 6.45) is -0.568. The van der Waals surface area contributed by atoms with E-state index in [4.69, 9.17) is 9.47 Å². The van der Waals surface area contributed by atoms with Gasteiger partial charge in [0.1, 0.15) is 5.75 Å². The van der Waals surface area contributed by atoms with E-state index in [0.29, 0.717) is 18.3 Å².